The van der Waals surface area contributed by atoms with Crippen LogP contribution >= 0.6 is 11.6 Å². The number of primary amides is 1. The Kier molecular flexibility index (Phi) is 3.27. The highest BCUT2D eigenvalue weighted by Crippen LogP contribution is 2.19. The first kappa shape index (κ1) is 13.5. The predicted octanol–water partition coefficient (Wildman–Crippen LogP) is 2.51. The molecule has 5 nitrogen and oxygen atoms in total. The highest BCUT2D eigenvalue weighted by Gasteiger charge is 2.10. The first-order chi connectivity index (χ1) is 10.0. The fraction of sp³-hybridized carbons (Fsp3) is 0.0667. The van der Waals surface area contributed by atoms with Crippen molar-refractivity contribution in [1.82, 2.24) is 4.57 Å². The van der Waals surface area contributed by atoms with Crippen LogP contribution in [0.15, 0.2) is 47.0 Å². The normalized spacial score (nSPS) is 10.9. The number of hydrogen-bond donors (Lipinski definition) is 2. The highest BCUT2D eigenvalue weighted by atomic mass is 35.5. The standard InChI is InChI=1S/C15H12ClN3O2/c16-10-6-12(15(18)20)14(17)19(7-10)8-11-5-9-3-1-2-4-13(9)21-11/h1-7,17H,8H2,(H2,18,20). The van der Waals surface area contributed by atoms with Crippen molar-refractivity contribution in [3.8, 4) is 0 Å². The summed E-state index contributed by atoms with van der Waals surface area (Å²) in [6, 6.07) is 10.9. The Hall–Kier alpha value is -2.53. The van der Waals surface area contributed by atoms with Crippen molar-refractivity contribution in [1.29, 1.82) is 5.41 Å². The molecule has 0 aliphatic carbocycles. The number of furan rings is 1. The fourth-order valence-corrected chi connectivity index (χ4v) is 2.43. The van der Waals surface area contributed by atoms with Crippen LogP contribution in [0, 0.1) is 5.41 Å². The third-order valence-corrected chi connectivity index (χ3v) is 3.38. The van der Waals surface area contributed by atoms with Gasteiger partial charge in [0.15, 0.2) is 0 Å². The molecule has 0 aliphatic rings. The number of para-hydroxylation sites is 1. The van der Waals surface area contributed by atoms with Gasteiger partial charge in [-0.3, -0.25) is 10.2 Å². The number of nitrogens with zero attached hydrogens (tertiary/aromatic N) is 1. The molecule has 0 unspecified atom stereocenters. The van der Waals surface area contributed by atoms with E-state index in [0.29, 0.717) is 17.3 Å². The summed E-state index contributed by atoms with van der Waals surface area (Å²) < 4.78 is 7.23. The van der Waals surface area contributed by atoms with Gasteiger partial charge in [0, 0.05) is 11.6 Å². The maximum Gasteiger partial charge on any atom is 0.252 e. The molecule has 6 heteroatoms. The number of fused-ring (bicyclic) bond motifs is 1. The molecule has 3 N–H and O–H groups in total. The molecular formula is C15H12ClN3O2. The van der Waals surface area contributed by atoms with E-state index in [9.17, 15) is 4.79 Å². The van der Waals surface area contributed by atoms with E-state index in [0.717, 1.165) is 11.0 Å². The summed E-state index contributed by atoms with van der Waals surface area (Å²) in [6.45, 7) is 0.300. The zero-order valence-corrected chi connectivity index (χ0v) is 11.7. The molecule has 3 aromatic rings. The molecular weight excluding hydrogens is 290 g/mol. The lowest BCUT2D eigenvalue weighted by molar-refractivity contribution is 0.0997. The Bertz CT molecular complexity index is 862. The lowest BCUT2D eigenvalue weighted by atomic mass is 10.2. The second-order valence-electron chi connectivity index (χ2n) is 4.66. The molecule has 0 aliphatic heterocycles. The van der Waals surface area contributed by atoms with Crippen LogP contribution in [0.25, 0.3) is 11.0 Å². The summed E-state index contributed by atoms with van der Waals surface area (Å²) in [6.07, 6.45) is 1.57. The van der Waals surface area contributed by atoms with Gasteiger partial charge in [-0.25, -0.2) is 0 Å². The number of nitrogens with one attached hydrogen (secondary N) is 1. The number of amides is 1. The minimum atomic E-state index is -0.680. The number of aromatic nitrogens is 1. The number of benzene rings is 1. The molecule has 0 fully saturated rings. The van der Waals surface area contributed by atoms with Gasteiger partial charge in [-0.05, 0) is 18.2 Å². The van der Waals surface area contributed by atoms with Crippen LogP contribution in [0.5, 0.6) is 0 Å². The second kappa shape index (κ2) is 5.10. The largest absolute Gasteiger partial charge is 0.459 e. The molecule has 0 bridgehead atoms. The van der Waals surface area contributed by atoms with Crippen molar-refractivity contribution < 1.29 is 9.21 Å². The Balaban J connectivity index is 2.05. The third-order valence-electron chi connectivity index (χ3n) is 3.17. The maximum atomic E-state index is 11.3. The Labute approximate surface area is 125 Å². The van der Waals surface area contributed by atoms with Gasteiger partial charge in [-0.15, -0.1) is 0 Å². The summed E-state index contributed by atoms with van der Waals surface area (Å²) in [7, 11) is 0. The van der Waals surface area contributed by atoms with Crippen LogP contribution in [0.4, 0.5) is 0 Å². The number of rotatable bonds is 3. The molecule has 1 amide bonds. The van der Waals surface area contributed by atoms with Crippen LogP contribution in [-0.4, -0.2) is 10.5 Å². The van der Waals surface area contributed by atoms with Gasteiger partial charge in [-0.2, -0.15) is 0 Å². The molecule has 0 saturated carbocycles. The summed E-state index contributed by atoms with van der Waals surface area (Å²) in [5.74, 6) is -0.00626. The van der Waals surface area contributed by atoms with Gasteiger partial charge >= 0.3 is 0 Å². The highest BCUT2D eigenvalue weighted by molar-refractivity contribution is 6.30. The third kappa shape index (κ3) is 2.55. The number of carbonyl (C=O) groups excluding carboxylic acids is 1. The molecule has 0 spiro atoms. The average Bonchev–Trinajstić information content (AvgIpc) is 2.84. The van der Waals surface area contributed by atoms with E-state index in [2.05, 4.69) is 0 Å². The number of hydrogen-bond acceptors (Lipinski definition) is 3. The van der Waals surface area contributed by atoms with E-state index in [4.69, 9.17) is 27.2 Å². The smallest absolute Gasteiger partial charge is 0.252 e. The van der Waals surface area contributed by atoms with Crippen LogP contribution in [0.3, 0.4) is 0 Å². The summed E-state index contributed by atoms with van der Waals surface area (Å²) in [5, 5.41) is 9.35. The maximum absolute atomic E-state index is 11.3. The molecule has 0 saturated heterocycles. The van der Waals surface area contributed by atoms with Gasteiger partial charge in [0.25, 0.3) is 5.91 Å². The van der Waals surface area contributed by atoms with E-state index in [-0.39, 0.29) is 11.1 Å². The first-order valence-corrected chi connectivity index (χ1v) is 6.64. The zero-order chi connectivity index (χ0) is 15.0. The Morgan fingerprint density at radius 2 is 2.10 bits per heavy atom. The van der Waals surface area contributed by atoms with E-state index in [1.54, 1.807) is 6.20 Å². The summed E-state index contributed by atoms with van der Waals surface area (Å²) in [5.41, 5.74) is 6.12. The van der Waals surface area contributed by atoms with Gasteiger partial charge in [0.1, 0.15) is 16.8 Å². The minimum Gasteiger partial charge on any atom is -0.459 e. The molecule has 106 valence electrons. The number of nitrogens with two attached hydrogens (primary N) is 1. The van der Waals surface area contributed by atoms with E-state index >= 15 is 0 Å². The summed E-state index contributed by atoms with van der Waals surface area (Å²) in [4.78, 5) is 11.3. The van der Waals surface area contributed by atoms with Crippen molar-refractivity contribution in [3.05, 3.63) is 64.4 Å². The lowest BCUT2D eigenvalue weighted by Gasteiger charge is -2.08. The molecule has 2 aromatic heterocycles. The fourth-order valence-electron chi connectivity index (χ4n) is 2.21. The topological polar surface area (TPSA) is 85.0 Å². The zero-order valence-electron chi connectivity index (χ0n) is 11.0. The quantitative estimate of drug-likeness (QED) is 0.779. The minimum absolute atomic E-state index is 0.00681. The second-order valence-corrected chi connectivity index (χ2v) is 5.10. The van der Waals surface area contributed by atoms with Crippen LogP contribution in [0.1, 0.15) is 16.1 Å². The molecule has 3 rings (SSSR count). The molecule has 0 radical (unpaired) electrons. The van der Waals surface area contributed by atoms with Crippen LogP contribution in [-0.2, 0) is 6.54 Å². The monoisotopic (exact) mass is 301 g/mol. The van der Waals surface area contributed by atoms with Gasteiger partial charge < -0.3 is 14.7 Å². The van der Waals surface area contributed by atoms with Crippen molar-refractivity contribution in [3.63, 3.8) is 0 Å². The summed E-state index contributed by atoms with van der Waals surface area (Å²) >= 11 is 5.97. The van der Waals surface area contributed by atoms with Crippen molar-refractivity contribution in [2.75, 3.05) is 0 Å². The molecule has 1 aromatic carbocycles. The number of pyridine rings is 1. The first-order valence-electron chi connectivity index (χ1n) is 6.26. The number of carbonyl (C=O) groups is 1. The van der Waals surface area contributed by atoms with E-state index < -0.39 is 5.91 Å². The van der Waals surface area contributed by atoms with Crippen molar-refractivity contribution in [2.45, 2.75) is 6.54 Å². The Morgan fingerprint density at radius 1 is 1.33 bits per heavy atom. The lowest BCUT2D eigenvalue weighted by Crippen LogP contribution is -2.29. The van der Waals surface area contributed by atoms with Crippen LogP contribution in [0.2, 0.25) is 5.02 Å². The SMILES string of the molecule is N=c1c(C(N)=O)cc(Cl)cn1Cc1cc2ccccc2o1. The van der Waals surface area contributed by atoms with Gasteiger partial charge in [-0.1, -0.05) is 29.8 Å². The predicted molar refractivity (Wildman–Crippen MR) is 79.1 cm³/mol. The molecule has 21 heavy (non-hydrogen) atoms. The van der Waals surface area contributed by atoms with Crippen molar-refractivity contribution >= 4 is 28.5 Å². The van der Waals surface area contributed by atoms with Crippen molar-refractivity contribution in [2.24, 2.45) is 5.73 Å². The van der Waals surface area contributed by atoms with E-state index in [1.165, 1.54) is 10.6 Å². The number of halogens is 1. The van der Waals surface area contributed by atoms with Crippen LogP contribution < -0.4 is 11.2 Å². The van der Waals surface area contributed by atoms with Gasteiger partial charge in [0.2, 0.25) is 0 Å². The van der Waals surface area contributed by atoms with E-state index in [1.807, 2.05) is 30.3 Å². The Morgan fingerprint density at radius 3 is 2.81 bits per heavy atom. The molecule has 0 atom stereocenters. The average molecular weight is 302 g/mol. The van der Waals surface area contributed by atoms with Gasteiger partial charge in [0.05, 0.1) is 17.1 Å². The molecule has 2 heterocycles.